The minimum atomic E-state index is -0.389. The third-order valence-electron chi connectivity index (χ3n) is 5.75. The summed E-state index contributed by atoms with van der Waals surface area (Å²) in [5, 5.41) is 10.1. The van der Waals surface area contributed by atoms with Crippen LogP contribution in [0.3, 0.4) is 0 Å². The second kappa shape index (κ2) is 7.35. The van der Waals surface area contributed by atoms with Crippen LogP contribution in [0, 0.1) is 17.2 Å². The highest BCUT2D eigenvalue weighted by atomic mass is 35.5. The van der Waals surface area contributed by atoms with Crippen molar-refractivity contribution >= 4 is 17.5 Å². The molecule has 2 fully saturated rings. The summed E-state index contributed by atoms with van der Waals surface area (Å²) in [6.07, 6.45) is 2.89. The summed E-state index contributed by atoms with van der Waals surface area (Å²) in [6.45, 7) is 7.10. The summed E-state index contributed by atoms with van der Waals surface area (Å²) in [5.41, 5.74) is 0.662. The van der Waals surface area contributed by atoms with Gasteiger partial charge in [-0.1, -0.05) is 44.0 Å². The first-order valence-electron chi connectivity index (χ1n) is 9.17. The van der Waals surface area contributed by atoms with Crippen molar-refractivity contribution in [2.45, 2.75) is 44.6 Å². The number of amides is 1. The van der Waals surface area contributed by atoms with Crippen LogP contribution in [0.4, 0.5) is 0 Å². The molecule has 1 saturated heterocycles. The molecule has 0 spiro atoms. The van der Waals surface area contributed by atoms with Crippen molar-refractivity contribution in [2.75, 3.05) is 26.2 Å². The molecule has 1 saturated carbocycles. The molecule has 5 heteroatoms. The van der Waals surface area contributed by atoms with Crippen molar-refractivity contribution in [3.05, 3.63) is 34.9 Å². The van der Waals surface area contributed by atoms with Crippen LogP contribution in [0.2, 0.25) is 5.02 Å². The quantitative estimate of drug-likeness (QED) is 0.827. The highest BCUT2D eigenvalue weighted by Gasteiger charge is 2.48. The van der Waals surface area contributed by atoms with Crippen LogP contribution in [-0.4, -0.2) is 47.9 Å². The van der Waals surface area contributed by atoms with Crippen LogP contribution in [0.15, 0.2) is 24.3 Å². The van der Waals surface area contributed by atoms with Crippen LogP contribution in [0.5, 0.6) is 0 Å². The van der Waals surface area contributed by atoms with Gasteiger partial charge >= 0.3 is 0 Å². The number of hydrogen-bond acceptors (Lipinski definition) is 3. The second-order valence-corrected chi connectivity index (χ2v) is 8.03. The van der Waals surface area contributed by atoms with Crippen LogP contribution in [-0.2, 0) is 10.2 Å². The van der Waals surface area contributed by atoms with E-state index < -0.39 is 0 Å². The number of carbonyl (C=O) groups is 1. The second-order valence-electron chi connectivity index (χ2n) is 7.59. The van der Waals surface area contributed by atoms with Gasteiger partial charge in [-0.25, -0.2) is 0 Å². The van der Waals surface area contributed by atoms with Crippen molar-refractivity contribution in [1.29, 1.82) is 5.26 Å². The Labute approximate surface area is 155 Å². The van der Waals surface area contributed by atoms with E-state index in [0.29, 0.717) is 24.0 Å². The molecule has 0 N–H and O–H groups in total. The monoisotopic (exact) mass is 359 g/mol. The number of rotatable bonds is 4. The van der Waals surface area contributed by atoms with E-state index in [1.54, 1.807) is 0 Å². The molecule has 0 aromatic heterocycles. The van der Waals surface area contributed by atoms with E-state index in [2.05, 4.69) is 24.8 Å². The molecule has 1 aliphatic heterocycles. The first-order valence-corrected chi connectivity index (χ1v) is 9.55. The Bertz CT molecular complexity index is 670. The van der Waals surface area contributed by atoms with E-state index in [0.717, 1.165) is 37.9 Å². The molecule has 1 aromatic carbocycles. The van der Waals surface area contributed by atoms with Crippen molar-refractivity contribution in [3.8, 4) is 6.07 Å². The molecule has 0 bridgehead atoms. The molecular weight excluding hydrogens is 334 g/mol. The Morgan fingerprint density at radius 3 is 2.40 bits per heavy atom. The molecule has 2 aliphatic rings. The highest BCUT2D eigenvalue weighted by molar-refractivity contribution is 6.30. The van der Waals surface area contributed by atoms with E-state index >= 15 is 0 Å². The average molecular weight is 360 g/mol. The third-order valence-corrected chi connectivity index (χ3v) is 5.99. The van der Waals surface area contributed by atoms with Crippen molar-refractivity contribution in [3.63, 3.8) is 0 Å². The number of carbonyl (C=O) groups excluding carboxylic acids is 1. The van der Waals surface area contributed by atoms with E-state index in [-0.39, 0.29) is 17.4 Å². The number of piperazine rings is 1. The molecule has 134 valence electrons. The Balaban J connectivity index is 1.71. The van der Waals surface area contributed by atoms with E-state index in [9.17, 15) is 10.1 Å². The molecule has 1 aromatic rings. The zero-order valence-corrected chi connectivity index (χ0v) is 15.8. The lowest BCUT2D eigenvalue weighted by atomic mass is 9.63. The van der Waals surface area contributed by atoms with Gasteiger partial charge in [0, 0.05) is 31.2 Å². The topological polar surface area (TPSA) is 47.3 Å². The molecule has 1 heterocycles. The molecule has 0 radical (unpaired) electrons. The molecule has 1 aliphatic carbocycles. The summed E-state index contributed by atoms with van der Waals surface area (Å²) in [4.78, 5) is 17.5. The Hall–Kier alpha value is -1.57. The largest absolute Gasteiger partial charge is 0.339 e. The van der Waals surface area contributed by atoms with Gasteiger partial charge in [0.05, 0.1) is 11.5 Å². The maximum atomic E-state index is 13.3. The molecule has 4 nitrogen and oxygen atoms in total. The number of halogens is 1. The lowest BCUT2D eigenvalue weighted by Crippen LogP contribution is -2.58. The zero-order valence-electron chi connectivity index (χ0n) is 15.0. The van der Waals surface area contributed by atoms with Gasteiger partial charge in [-0.2, -0.15) is 5.26 Å². The fourth-order valence-electron chi connectivity index (χ4n) is 4.10. The molecule has 1 amide bonds. The Kier molecular flexibility index (Phi) is 5.36. The Morgan fingerprint density at radius 2 is 1.92 bits per heavy atom. The fraction of sp³-hybridized carbons (Fsp3) is 0.600. The van der Waals surface area contributed by atoms with Gasteiger partial charge in [-0.15, -0.1) is 0 Å². The molecule has 25 heavy (non-hydrogen) atoms. The average Bonchev–Trinajstić information content (AvgIpc) is 2.55. The predicted molar refractivity (Wildman–Crippen MR) is 99.4 cm³/mol. The lowest BCUT2D eigenvalue weighted by Gasteiger charge is -2.46. The fourth-order valence-corrected chi connectivity index (χ4v) is 4.29. The standard InChI is InChI=1S/C20H26ClN3O/c1-15(2)18(14-22)23-9-11-24(12-10-23)19(25)20(7-4-8-20)16-5-3-6-17(21)13-16/h3,5-6,13,15,18H,4,7-12H2,1-2H3. The van der Waals surface area contributed by atoms with Gasteiger partial charge in [0.2, 0.25) is 5.91 Å². The summed E-state index contributed by atoms with van der Waals surface area (Å²) in [6, 6.07) is 10.1. The zero-order chi connectivity index (χ0) is 18.0. The summed E-state index contributed by atoms with van der Waals surface area (Å²) in [7, 11) is 0. The van der Waals surface area contributed by atoms with Gasteiger partial charge in [0.25, 0.3) is 0 Å². The molecule has 1 unspecified atom stereocenters. The molecular formula is C20H26ClN3O. The van der Waals surface area contributed by atoms with Gasteiger partial charge < -0.3 is 4.90 Å². The Morgan fingerprint density at radius 1 is 1.24 bits per heavy atom. The minimum absolute atomic E-state index is 0.0668. The van der Waals surface area contributed by atoms with E-state index in [1.165, 1.54) is 0 Å². The summed E-state index contributed by atoms with van der Waals surface area (Å²) in [5.74, 6) is 0.537. The first-order chi connectivity index (χ1) is 12.0. The molecule has 3 rings (SSSR count). The summed E-state index contributed by atoms with van der Waals surface area (Å²) < 4.78 is 0. The van der Waals surface area contributed by atoms with Gasteiger partial charge in [-0.05, 0) is 36.5 Å². The normalized spacial score (nSPS) is 21.5. The first kappa shape index (κ1) is 18.2. The minimum Gasteiger partial charge on any atom is -0.339 e. The SMILES string of the molecule is CC(C)C(C#N)N1CCN(C(=O)C2(c3cccc(Cl)c3)CCC2)CC1. The van der Waals surface area contributed by atoms with Crippen LogP contribution in [0.1, 0.15) is 38.7 Å². The van der Waals surface area contributed by atoms with E-state index in [4.69, 9.17) is 11.6 Å². The number of benzene rings is 1. The van der Waals surface area contributed by atoms with Gasteiger partial charge in [-0.3, -0.25) is 9.69 Å². The predicted octanol–water partition coefficient (Wildman–Crippen LogP) is 3.45. The van der Waals surface area contributed by atoms with E-state index in [1.807, 2.05) is 29.2 Å². The number of nitriles is 1. The smallest absolute Gasteiger partial charge is 0.233 e. The maximum Gasteiger partial charge on any atom is 0.233 e. The number of hydrogen-bond donors (Lipinski definition) is 0. The van der Waals surface area contributed by atoms with Crippen LogP contribution >= 0.6 is 11.6 Å². The van der Waals surface area contributed by atoms with Gasteiger partial charge in [0.1, 0.15) is 6.04 Å². The van der Waals surface area contributed by atoms with Crippen molar-refractivity contribution < 1.29 is 4.79 Å². The summed E-state index contributed by atoms with van der Waals surface area (Å²) >= 11 is 6.16. The van der Waals surface area contributed by atoms with Crippen molar-refractivity contribution in [1.82, 2.24) is 9.80 Å². The molecule has 1 atom stereocenters. The van der Waals surface area contributed by atoms with Crippen LogP contribution in [0.25, 0.3) is 0 Å². The van der Waals surface area contributed by atoms with Crippen LogP contribution < -0.4 is 0 Å². The third kappa shape index (κ3) is 3.41. The van der Waals surface area contributed by atoms with Crippen molar-refractivity contribution in [2.24, 2.45) is 5.92 Å². The maximum absolute atomic E-state index is 13.3. The highest BCUT2D eigenvalue weighted by Crippen LogP contribution is 2.45. The lowest BCUT2D eigenvalue weighted by molar-refractivity contribution is -0.143. The number of nitrogens with zero attached hydrogens (tertiary/aromatic N) is 3. The van der Waals surface area contributed by atoms with Gasteiger partial charge in [0.15, 0.2) is 0 Å².